The number of carbonyl (C=O) groups excluding carboxylic acids is 2. The molecule has 0 radical (unpaired) electrons. The first-order chi connectivity index (χ1) is 8.97. The molecular formula is C12H21N3O4. The zero-order valence-corrected chi connectivity index (χ0v) is 11.2. The van der Waals surface area contributed by atoms with Crippen molar-refractivity contribution in [1.29, 1.82) is 0 Å². The summed E-state index contributed by atoms with van der Waals surface area (Å²) in [5.41, 5.74) is 5.13. The van der Waals surface area contributed by atoms with Crippen LogP contribution in [0.2, 0.25) is 0 Å². The zero-order valence-electron chi connectivity index (χ0n) is 11.2. The Morgan fingerprint density at radius 1 is 1.42 bits per heavy atom. The summed E-state index contributed by atoms with van der Waals surface area (Å²) in [4.78, 5) is 37.0. The van der Waals surface area contributed by atoms with E-state index in [1.165, 1.54) is 9.80 Å². The molecule has 108 valence electrons. The topological polar surface area (TPSA) is 104 Å². The molecule has 0 saturated carbocycles. The summed E-state index contributed by atoms with van der Waals surface area (Å²) in [7, 11) is 0. The van der Waals surface area contributed by atoms with Gasteiger partial charge in [0.1, 0.15) is 12.6 Å². The van der Waals surface area contributed by atoms with Crippen LogP contribution in [0, 0.1) is 0 Å². The number of carboxylic acid groups (broad SMARTS) is 1. The Labute approximate surface area is 112 Å². The number of aliphatic carboxylic acids is 1. The lowest BCUT2D eigenvalue weighted by atomic mass is 10.2. The number of amides is 3. The minimum Gasteiger partial charge on any atom is -0.480 e. The van der Waals surface area contributed by atoms with Crippen LogP contribution in [0.1, 0.15) is 32.6 Å². The number of carboxylic acids is 1. The number of nitrogens with zero attached hydrogens (tertiary/aromatic N) is 2. The fourth-order valence-corrected chi connectivity index (χ4v) is 2.21. The molecule has 0 aromatic heterocycles. The van der Waals surface area contributed by atoms with Gasteiger partial charge in [-0.2, -0.15) is 0 Å². The molecule has 0 aromatic carbocycles. The highest BCUT2D eigenvalue weighted by molar-refractivity contribution is 5.86. The van der Waals surface area contributed by atoms with E-state index in [9.17, 15) is 14.4 Å². The van der Waals surface area contributed by atoms with E-state index in [1.54, 1.807) is 0 Å². The van der Waals surface area contributed by atoms with E-state index in [-0.39, 0.29) is 6.54 Å². The van der Waals surface area contributed by atoms with Gasteiger partial charge < -0.3 is 20.6 Å². The Morgan fingerprint density at radius 2 is 2.11 bits per heavy atom. The molecule has 1 atom stereocenters. The molecular weight excluding hydrogens is 250 g/mol. The molecule has 1 heterocycles. The predicted octanol–water partition coefficient (Wildman–Crippen LogP) is 0.243. The van der Waals surface area contributed by atoms with Crippen molar-refractivity contribution >= 4 is 17.9 Å². The van der Waals surface area contributed by atoms with E-state index in [2.05, 4.69) is 0 Å². The highest BCUT2D eigenvalue weighted by atomic mass is 16.4. The van der Waals surface area contributed by atoms with Gasteiger partial charge in [0.25, 0.3) is 0 Å². The van der Waals surface area contributed by atoms with Crippen LogP contribution in [0.3, 0.4) is 0 Å². The molecule has 1 saturated heterocycles. The average molecular weight is 271 g/mol. The van der Waals surface area contributed by atoms with Crippen LogP contribution >= 0.6 is 0 Å². The van der Waals surface area contributed by atoms with E-state index in [0.29, 0.717) is 25.9 Å². The monoisotopic (exact) mass is 271 g/mol. The number of hydrogen-bond donors (Lipinski definition) is 2. The fraction of sp³-hybridized carbons (Fsp3) is 0.750. The van der Waals surface area contributed by atoms with Gasteiger partial charge in [-0.25, -0.2) is 9.59 Å². The lowest BCUT2D eigenvalue weighted by Gasteiger charge is -2.29. The van der Waals surface area contributed by atoms with Crippen LogP contribution in [-0.4, -0.2) is 58.5 Å². The number of hydrogen-bond acceptors (Lipinski definition) is 3. The Bertz CT molecular complexity index is 359. The summed E-state index contributed by atoms with van der Waals surface area (Å²) in [5.74, 6) is -1.59. The minimum absolute atomic E-state index is 0.165. The van der Waals surface area contributed by atoms with E-state index >= 15 is 0 Å². The third-order valence-electron chi connectivity index (χ3n) is 3.18. The van der Waals surface area contributed by atoms with E-state index in [0.717, 1.165) is 12.8 Å². The highest BCUT2D eigenvalue weighted by Gasteiger charge is 2.36. The molecule has 1 fully saturated rings. The third kappa shape index (κ3) is 4.11. The number of rotatable bonds is 6. The summed E-state index contributed by atoms with van der Waals surface area (Å²) in [6.45, 7) is 2.64. The Balaban J connectivity index is 2.73. The maximum atomic E-state index is 12.3. The molecule has 1 rings (SSSR count). The molecule has 3 N–H and O–H groups in total. The fourth-order valence-electron chi connectivity index (χ4n) is 2.21. The Hall–Kier alpha value is -1.79. The standard InChI is InChI=1S/C12H21N3O4/c1-2-3-6-14(8-10(13)16)12(19)15-7-4-5-9(15)11(17)18/h9H,2-8H2,1H3,(H2,13,16)(H,17,18)/t9-/m1/s1. The molecule has 0 bridgehead atoms. The molecule has 0 unspecified atom stereocenters. The van der Waals surface area contributed by atoms with Gasteiger partial charge in [0.05, 0.1) is 0 Å². The van der Waals surface area contributed by atoms with Gasteiger partial charge in [-0.3, -0.25) is 4.79 Å². The van der Waals surface area contributed by atoms with Crippen LogP contribution in [0.25, 0.3) is 0 Å². The van der Waals surface area contributed by atoms with Crippen molar-refractivity contribution in [2.24, 2.45) is 5.73 Å². The van der Waals surface area contributed by atoms with E-state index < -0.39 is 23.9 Å². The van der Waals surface area contributed by atoms with E-state index in [4.69, 9.17) is 10.8 Å². The summed E-state index contributed by atoms with van der Waals surface area (Å²) >= 11 is 0. The summed E-state index contributed by atoms with van der Waals surface area (Å²) in [5, 5.41) is 9.07. The molecule has 0 spiro atoms. The zero-order chi connectivity index (χ0) is 14.4. The number of primary amides is 1. The number of unbranched alkanes of at least 4 members (excludes halogenated alkanes) is 1. The van der Waals surface area contributed by atoms with E-state index in [1.807, 2.05) is 6.92 Å². The molecule has 7 nitrogen and oxygen atoms in total. The van der Waals surface area contributed by atoms with Crippen molar-refractivity contribution in [2.75, 3.05) is 19.6 Å². The van der Waals surface area contributed by atoms with Gasteiger partial charge in [-0.1, -0.05) is 13.3 Å². The molecule has 19 heavy (non-hydrogen) atoms. The van der Waals surface area contributed by atoms with Crippen LogP contribution in [0.5, 0.6) is 0 Å². The molecule has 3 amide bonds. The summed E-state index contributed by atoms with van der Waals surface area (Å²) < 4.78 is 0. The van der Waals surface area contributed by atoms with Crippen LogP contribution < -0.4 is 5.73 Å². The van der Waals surface area contributed by atoms with Gasteiger partial charge in [0, 0.05) is 13.1 Å². The SMILES string of the molecule is CCCCN(CC(N)=O)C(=O)N1CCC[C@@H]1C(=O)O. The number of likely N-dealkylation sites (tertiary alicyclic amines) is 1. The molecule has 0 aromatic rings. The second kappa shape index (κ2) is 6.96. The average Bonchev–Trinajstić information content (AvgIpc) is 2.82. The van der Waals surface area contributed by atoms with Crippen molar-refractivity contribution in [2.45, 2.75) is 38.6 Å². The maximum absolute atomic E-state index is 12.3. The quantitative estimate of drug-likeness (QED) is 0.722. The number of carbonyl (C=O) groups is 3. The molecule has 1 aliphatic heterocycles. The summed E-state index contributed by atoms with van der Waals surface area (Å²) in [6, 6.07) is -1.19. The van der Waals surface area contributed by atoms with Gasteiger partial charge in [-0.05, 0) is 19.3 Å². The predicted molar refractivity (Wildman–Crippen MR) is 68.4 cm³/mol. The molecule has 7 heteroatoms. The first-order valence-electron chi connectivity index (χ1n) is 6.54. The van der Waals surface area contributed by atoms with Gasteiger partial charge in [-0.15, -0.1) is 0 Å². The second-order valence-corrected chi connectivity index (χ2v) is 4.71. The largest absolute Gasteiger partial charge is 0.480 e. The van der Waals surface area contributed by atoms with Crippen molar-refractivity contribution in [3.05, 3.63) is 0 Å². The number of nitrogens with two attached hydrogens (primary N) is 1. The molecule has 1 aliphatic rings. The van der Waals surface area contributed by atoms with Crippen molar-refractivity contribution in [3.8, 4) is 0 Å². The van der Waals surface area contributed by atoms with Crippen LogP contribution in [0.15, 0.2) is 0 Å². The highest BCUT2D eigenvalue weighted by Crippen LogP contribution is 2.19. The number of urea groups is 1. The first kappa shape index (κ1) is 15.3. The van der Waals surface area contributed by atoms with Crippen molar-refractivity contribution in [1.82, 2.24) is 9.80 Å². The second-order valence-electron chi connectivity index (χ2n) is 4.71. The van der Waals surface area contributed by atoms with Crippen LogP contribution in [0.4, 0.5) is 4.79 Å². The van der Waals surface area contributed by atoms with Crippen molar-refractivity contribution < 1.29 is 19.5 Å². The van der Waals surface area contributed by atoms with Crippen molar-refractivity contribution in [3.63, 3.8) is 0 Å². The lowest BCUT2D eigenvalue weighted by Crippen LogP contribution is -2.50. The summed E-state index contributed by atoms with van der Waals surface area (Å²) in [6.07, 6.45) is 2.76. The third-order valence-corrected chi connectivity index (χ3v) is 3.18. The Morgan fingerprint density at radius 3 is 2.63 bits per heavy atom. The van der Waals surface area contributed by atoms with Crippen LogP contribution in [-0.2, 0) is 9.59 Å². The maximum Gasteiger partial charge on any atom is 0.326 e. The minimum atomic E-state index is -1.000. The molecule has 0 aliphatic carbocycles. The smallest absolute Gasteiger partial charge is 0.326 e. The van der Waals surface area contributed by atoms with Gasteiger partial charge in [0.15, 0.2) is 0 Å². The normalized spacial score (nSPS) is 18.4. The van der Waals surface area contributed by atoms with Gasteiger partial charge in [0.2, 0.25) is 5.91 Å². The first-order valence-corrected chi connectivity index (χ1v) is 6.54. The Kier molecular flexibility index (Phi) is 5.59. The lowest BCUT2D eigenvalue weighted by molar-refractivity contribution is -0.141. The van der Waals surface area contributed by atoms with Gasteiger partial charge >= 0.3 is 12.0 Å².